The van der Waals surface area contributed by atoms with Crippen LogP contribution in [0.15, 0.2) is 18.2 Å². The van der Waals surface area contributed by atoms with Gasteiger partial charge in [0.05, 0.1) is 11.1 Å². The average Bonchev–Trinajstić information content (AvgIpc) is 2.63. The van der Waals surface area contributed by atoms with Crippen LogP contribution in [0.5, 0.6) is 0 Å². The zero-order valence-corrected chi connectivity index (χ0v) is 13.7. The van der Waals surface area contributed by atoms with Crippen LogP contribution in [-0.4, -0.2) is 14.5 Å². The lowest BCUT2D eigenvalue weighted by Gasteiger charge is -2.12. The van der Waals surface area contributed by atoms with Gasteiger partial charge in [-0.1, -0.05) is 29.3 Å². The van der Waals surface area contributed by atoms with E-state index in [1.807, 2.05) is 6.92 Å². The summed E-state index contributed by atoms with van der Waals surface area (Å²) in [5.74, 6) is 0.691. The largest absolute Gasteiger partial charge is 0.298 e. The number of rotatable bonds is 1. The van der Waals surface area contributed by atoms with Gasteiger partial charge in [0.2, 0.25) is 0 Å². The van der Waals surface area contributed by atoms with Crippen molar-refractivity contribution in [2.24, 2.45) is 0 Å². The van der Waals surface area contributed by atoms with E-state index in [9.17, 15) is 0 Å². The first-order chi connectivity index (χ1) is 9.90. The van der Waals surface area contributed by atoms with E-state index in [0.29, 0.717) is 11.0 Å². The second-order valence-corrected chi connectivity index (χ2v) is 5.95. The molecule has 2 aromatic heterocycles. The fraction of sp³-hybridized carbons (Fsp3) is 0.294. The Balaban J connectivity index is 2.45. The maximum Gasteiger partial charge on any atom is 0.150 e. The SMILES string of the molecule is Cc1ccc(-n2c(C)c(C)c3c(Cl)nc(C)nc32)c(C)c1. The van der Waals surface area contributed by atoms with Gasteiger partial charge in [-0.05, 0) is 51.8 Å². The van der Waals surface area contributed by atoms with E-state index in [2.05, 4.69) is 60.4 Å². The molecular weight excluding hydrogens is 282 g/mol. The summed E-state index contributed by atoms with van der Waals surface area (Å²) >= 11 is 6.34. The molecule has 21 heavy (non-hydrogen) atoms. The molecule has 3 rings (SSSR count). The van der Waals surface area contributed by atoms with Crippen molar-refractivity contribution in [2.45, 2.75) is 34.6 Å². The minimum Gasteiger partial charge on any atom is -0.298 e. The number of nitrogens with zero attached hydrogens (tertiary/aromatic N) is 3. The Bertz CT molecular complexity index is 862. The highest BCUT2D eigenvalue weighted by molar-refractivity contribution is 6.34. The van der Waals surface area contributed by atoms with E-state index >= 15 is 0 Å². The number of hydrogen-bond donors (Lipinski definition) is 0. The normalized spacial score (nSPS) is 11.3. The van der Waals surface area contributed by atoms with Crippen LogP contribution in [0.2, 0.25) is 5.15 Å². The van der Waals surface area contributed by atoms with Gasteiger partial charge in [0.15, 0.2) is 0 Å². The number of aromatic nitrogens is 3. The van der Waals surface area contributed by atoms with Crippen LogP contribution >= 0.6 is 11.6 Å². The van der Waals surface area contributed by atoms with Gasteiger partial charge in [-0.2, -0.15) is 0 Å². The lowest BCUT2D eigenvalue weighted by molar-refractivity contribution is 0.983. The number of benzene rings is 1. The molecule has 2 heterocycles. The minimum absolute atomic E-state index is 0.529. The van der Waals surface area contributed by atoms with Gasteiger partial charge < -0.3 is 0 Å². The van der Waals surface area contributed by atoms with Crippen molar-refractivity contribution in [3.63, 3.8) is 0 Å². The molecule has 0 aliphatic heterocycles. The van der Waals surface area contributed by atoms with E-state index in [1.165, 1.54) is 11.1 Å². The molecular formula is C17H18ClN3. The van der Waals surface area contributed by atoms with Crippen molar-refractivity contribution in [2.75, 3.05) is 0 Å². The maximum atomic E-state index is 6.34. The van der Waals surface area contributed by atoms with Gasteiger partial charge in [-0.3, -0.25) is 4.57 Å². The fourth-order valence-corrected chi connectivity index (χ4v) is 3.22. The average molecular weight is 300 g/mol. The Hall–Kier alpha value is -1.87. The van der Waals surface area contributed by atoms with Crippen molar-refractivity contribution in [3.8, 4) is 5.69 Å². The third kappa shape index (κ3) is 2.12. The summed E-state index contributed by atoms with van der Waals surface area (Å²) in [6, 6.07) is 6.45. The third-order valence-electron chi connectivity index (χ3n) is 4.02. The summed E-state index contributed by atoms with van der Waals surface area (Å²) in [6.45, 7) is 10.3. The minimum atomic E-state index is 0.529. The second kappa shape index (κ2) is 4.85. The zero-order chi connectivity index (χ0) is 15.3. The number of fused-ring (bicyclic) bond motifs is 1. The summed E-state index contributed by atoms with van der Waals surface area (Å²) in [5.41, 5.74) is 6.79. The van der Waals surface area contributed by atoms with Gasteiger partial charge in [0.1, 0.15) is 16.6 Å². The molecule has 0 fully saturated rings. The first-order valence-corrected chi connectivity index (χ1v) is 7.37. The van der Waals surface area contributed by atoms with Gasteiger partial charge in [-0.15, -0.1) is 0 Å². The molecule has 0 bridgehead atoms. The fourth-order valence-electron chi connectivity index (χ4n) is 2.87. The lowest BCUT2D eigenvalue weighted by Crippen LogP contribution is -2.02. The Morgan fingerprint density at radius 1 is 1.00 bits per heavy atom. The Morgan fingerprint density at radius 3 is 2.38 bits per heavy atom. The van der Waals surface area contributed by atoms with Gasteiger partial charge in [0, 0.05) is 5.69 Å². The van der Waals surface area contributed by atoms with Crippen LogP contribution in [-0.2, 0) is 0 Å². The summed E-state index contributed by atoms with van der Waals surface area (Å²) in [7, 11) is 0. The standard InChI is InChI=1S/C17H18ClN3/c1-9-6-7-14(10(2)8-9)21-12(4)11(3)15-16(18)19-13(5)20-17(15)21/h6-8H,1-5H3. The molecule has 0 saturated carbocycles. The molecule has 0 saturated heterocycles. The van der Waals surface area contributed by atoms with E-state index < -0.39 is 0 Å². The Labute approximate surface area is 129 Å². The molecule has 0 aliphatic rings. The highest BCUT2D eigenvalue weighted by atomic mass is 35.5. The van der Waals surface area contributed by atoms with Crippen LogP contribution in [0.25, 0.3) is 16.7 Å². The predicted molar refractivity (Wildman–Crippen MR) is 87.6 cm³/mol. The highest BCUT2D eigenvalue weighted by Crippen LogP contribution is 2.32. The predicted octanol–water partition coefficient (Wildman–Crippen LogP) is 4.62. The quantitative estimate of drug-likeness (QED) is 0.614. The van der Waals surface area contributed by atoms with Gasteiger partial charge in [0.25, 0.3) is 0 Å². The topological polar surface area (TPSA) is 30.7 Å². The molecule has 3 aromatic rings. The van der Waals surface area contributed by atoms with E-state index in [1.54, 1.807) is 0 Å². The molecule has 1 aromatic carbocycles. The van der Waals surface area contributed by atoms with Crippen LogP contribution in [0.4, 0.5) is 0 Å². The smallest absolute Gasteiger partial charge is 0.150 e. The lowest BCUT2D eigenvalue weighted by atomic mass is 10.1. The summed E-state index contributed by atoms with van der Waals surface area (Å²) in [4.78, 5) is 8.91. The van der Waals surface area contributed by atoms with Crippen molar-refractivity contribution in [1.29, 1.82) is 0 Å². The molecule has 0 unspecified atom stereocenters. The third-order valence-corrected chi connectivity index (χ3v) is 4.29. The van der Waals surface area contributed by atoms with Crippen LogP contribution in [0.3, 0.4) is 0 Å². The van der Waals surface area contributed by atoms with Crippen LogP contribution in [0, 0.1) is 34.6 Å². The van der Waals surface area contributed by atoms with Crippen LogP contribution in [0.1, 0.15) is 28.2 Å². The monoisotopic (exact) mass is 299 g/mol. The molecule has 108 valence electrons. The summed E-state index contributed by atoms with van der Waals surface area (Å²) < 4.78 is 2.18. The molecule has 4 heteroatoms. The Morgan fingerprint density at radius 2 is 1.71 bits per heavy atom. The first-order valence-electron chi connectivity index (χ1n) is 6.99. The molecule has 0 spiro atoms. The second-order valence-electron chi connectivity index (χ2n) is 5.60. The maximum absolute atomic E-state index is 6.34. The van der Waals surface area contributed by atoms with Crippen molar-refractivity contribution < 1.29 is 0 Å². The van der Waals surface area contributed by atoms with E-state index in [0.717, 1.165) is 28.0 Å². The Kier molecular flexibility index (Phi) is 3.25. The zero-order valence-electron chi connectivity index (χ0n) is 13.0. The van der Waals surface area contributed by atoms with Crippen molar-refractivity contribution in [1.82, 2.24) is 14.5 Å². The van der Waals surface area contributed by atoms with Crippen molar-refractivity contribution >= 4 is 22.6 Å². The van der Waals surface area contributed by atoms with E-state index in [-0.39, 0.29) is 0 Å². The van der Waals surface area contributed by atoms with Crippen molar-refractivity contribution in [3.05, 3.63) is 51.6 Å². The molecule has 0 N–H and O–H groups in total. The van der Waals surface area contributed by atoms with Gasteiger partial charge in [-0.25, -0.2) is 9.97 Å². The molecule has 0 radical (unpaired) electrons. The molecule has 0 aliphatic carbocycles. The van der Waals surface area contributed by atoms with Gasteiger partial charge >= 0.3 is 0 Å². The summed E-state index contributed by atoms with van der Waals surface area (Å²) in [5, 5.41) is 1.47. The summed E-state index contributed by atoms with van der Waals surface area (Å²) in [6.07, 6.45) is 0. The number of hydrogen-bond acceptors (Lipinski definition) is 2. The molecule has 0 atom stereocenters. The number of halogens is 1. The number of aryl methyl sites for hydroxylation is 4. The van der Waals surface area contributed by atoms with E-state index in [4.69, 9.17) is 11.6 Å². The highest BCUT2D eigenvalue weighted by Gasteiger charge is 2.18. The first kappa shape index (κ1) is 14.1. The van der Waals surface area contributed by atoms with Crippen LogP contribution < -0.4 is 0 Å². The molecule has 0 amide bonds. The molecule has 3 nitrogen and oxygen atoms in total.